The van der Waals surface area contributed by atoms with Gasteiger partial charge in [0.2, 0.25) is 10.0 Å². The molecule has 2 rings (SSSR count). The van der Waals surface area contributed by atoms with Crippen LogP contribution in [-0.4, -0.2) is 60.8 Å². The van der Waals surface area contributed by atoms with Crippen LogP contribution in [0.5, 0.6) is 0 Å². The zero-order valence-corrected chi connectivity index (χ0v) is 19.6. The van der Waals surface area contributed by atoms with E-state index in [9.17, 15) is 8.42 Å². The highest BCUT2D eigenvalue weighted by Crippen LogP contribution is 2.31. The molecular weight excluding hydrogens is 410 g/mol. The first-order valence-electron chi connectivity index (χ1n) is 10.1. The molecule has 1 aromatic carbocycles. The summed E-state index contributed by atoms with van der Waals surface area (Å²) in [6, 6.07) is 6.88. The van der Waals surface area contributed by atoms with Gasteiger partial charge in [-0.05, 0) is 46.2 Å². The van der Waals surface area contributed by atoms with Gasteiger partial charge >= 0.3 is 9.05 Å². The summed E-state index contributed by atoms with van der Waals surface area (Å²) in [7, 11) is -6.98. The summed E-state index contributed by atoms with van der Waals surface area (Å²) in [5, 5.41) is 0. The lowest BCUT2D eigenvalue weighted by Crippen LogP contribution is -2.53. The summed E-state index contributed by atoms with van der Waals surface area (Å²) in [4.78, 5) is 0.282. The Kier molecular flexibility index (Phi) is 9.02. The number of hydrogen-bond donors (Lipinski definition) is 0. The molecule has 0 aliphatic carbocycles. The van der Waals surface area contributed by atoms with Crippen molar-refractivity contribution in [2.75, 3.05) is 32.9 Å². The number of hydrogen-bond acceptors (Lipinski definition) is 6. The number of allylic oxidation sites excluding steroid dienone is 1. The fourth-order valence-electron chi connectivity index (χ4n) is 3.38. The lowest BCUT2D eigenvalue weighted by Gasteiger charge is -2.31. The molecule has 0 radical (unpaired) electrons. The third-order valence-corrected chi connectivity index (χ3v) is 9.10. The van der Waals surface area contributed by atoms with Crippen molar-refractivity contribution >= 4 is 19.1 Å². The largest absolute Gasteiger partial charge is 0.679 e. The average molecular weight is 444 g/mol. The molecule has 164 valence electrons. The Morgan fingerprint density at radius 2 is 1.62 bits per heavy atom. The second-order valence-electron chi connectivity index (χ2n) is 6.87. The summed E-state index contributed by atoms with van der Waals surface area (Å²) in [6.45, 7) is 13.0. The smallest absolute Gasteiger partial charge is 0.351 e. The van der Waals surface area contributed by atoms with Crippen LogP contribution in [0.2, 0.25) is 0 Å². The third kappa shape index (κ3) is 5.97. The summed E-state index contributed by atoms with van der Waals surface area (Å²) in [6.07, 6.45) is 2.01. The molecule has 0 spiro atoms. The van der Waals surface area contributed by atoms with E-state index >= 15 is 0 Å². The van der Waals surface area contributed by atoms with Crippen molar-refractivity contribution in [1.82, 2.24) is 4.31 Å². The molecule has 0 aromatic heterocycles. The molecule has 0 unspecified atom stereocenters. The minimum atomic E-state index is -3.62. The van der Waals surface area contributed by atoms with Crippen molar-refractivity contribution in [3.05, 3.63) is 42.5 Å². The SMILES string of the molecule is C=CC[C@H]1CN(S(=O)(=O)c2ccc(C)cc2)C[C@@H]1O[Si](OCC)(OCC)OCC. The van der Waals surface area contributed by atoms with E-state index < -0.39 is 25.2 Å². The third-order valence-electron chi connectivity index (χ3n) is 4.73. The molecule has 1 saturated heterocycles. The molecular formula is C20H33NO6SSi. The first-order valence-corrected chi connectivity index (χ1v) is 13.2. The first kappa shape index (κ1) is 24.2. The molecule has 1 aromatic rings. The molecule has 9 heteroatoms. The maximum Gasteiger partial charge on any atom is 0.679 e. The van der Waals surface area contributed by atoms with Crippen molar-refractivity contribution in [3.63, 3.8) is 0 Å². The molecule has 2 atom stereocenters. The lowest BCUT2D eigenvalue weighted by atomic mass is 10.0. The topological polar surface area (TPSA) is 74.3 Å². The van der Waals surface area contributed by atoms with Crippen molar-refractivity contribution in [2.45, 2.75) is 45.1 Å². The lowest BCUT2D eigenvalue weighted by molar-refractivity contribution is -0.0548. The van der Waals surface area contributed by atoms with Gasteiger partial charge in [-0.15, -0.1) is 6.58 Å². The van der Waals surface area contributed by atoms with E-state index in [2.05, 4.69) is 6.58 Å². The summed E-state index contributed by atoms with van der Waals surface area (Å²) < 4.78 is 51.4. The van der Waals surface area contributed by atoms with E-state index in [0.717, 1.165) is 5.56 Å². The Morgan fingerprint density at radius 1 is 1.07 bits per heavy atom. The van der Waals surface area contributed by atoms with Crippen molar-refractivity contribution in [1.29, 1.82) is 0 Å². The van der Waals surface area contributed by atoms with Gasteiger partial charge in [0.1, 0.15) is 0 Å². The van der Waals surface area contributed by atoms with Crippen molar-refractivity contribution in [3.8, 4) is 0 Å². The molecule has 29 heavy (non-hydrogen) atoms. The van der Waals surface area contributed by atoms with E-state index in [1.165, 1.54) is 4.31 Å². The molecule has 1 aliphatic rings. The Balaban J connectivity index is 2.27. The van der Waals surface area contributed by atoms with Crippen LogP contribution in [0.25, 0.3) is 0 Å². The average Bonchev–Trinajstić information content (AvgIpc) is 3.06. The number of aryl methyl sites for hydroxylation is 1. The number of rotatable bonds is 12. The molecule has 1 fully saturated rings. The van der Waals surface area contributed by atoms with E-state index in [4.69, 9.17) is 17.7 Å². The van der Waals surface area contributed by atoms with Gasteiger partial charge in [-0.3, -0.25) is 0 Å². The van der Waals surface area contributed by atoms with Crippen LogP contribution in [0.3, 0.4) is 0 Å². The zero-order valence-electron chi connectivity index (χ0n) is 17.8. The fraction of sp³-hybridized carbons (Fsp3) is 0.600. The maximum atomic E-state index is 13.1. The van der Waals surface area contributed by atoms with E-state index in [1.54, 1.807) is 30.3 Å². The zero-order chi connectivity index (χ0) is 21.5. The van der Waals surface area contributed by atoms with Gasteiger partial charge in [0.05, 0.1) is 11.0 Å². The maximum absolute atomic E-state index is 13.1. The number of benzene rings is 1. The Bertz CT molecular complexity index is 738. The van der Waals surface area contributed by atoms with Gasteiger partial charge < -0.3 is 17.7 Å². The van der Waals surface area contributed by atoms with Gasteiger partial charge in [0, 0.05) is 38.8 Å². The van der Waals surface area contributed by atoms with Gasteiger partial charge in [0.25, 0.3) is 0 Å². The highest BCUT2D eigenvalue weighted by molar-refractivity contribution is 7.89. The normalized spacial score (nSPS) is 20.8. The quantitative estimate of drug-likeness (QED) is 0.365. The minimum absolute atomic E-state index is 0.0547. The first-order chi connectivity index (χ1) is 13.8. The predicted molar refractivity (Wildman–Crippen MR) is 114 cm³/mol. The number of nitrogens with zero attached hydrogens (tertiary/aromatic N) is 1. The summed E-state index contributed by atoms with van der Waals surface area (Å²) in [5.74, 6) is -0.0547. The Labute approximate surface area is 176 Å². The van der Waals surface area contributed by atoms with Gasteiger partial charge in [0.15, 0.2) is 0 Å². The van der Waals surface area contributed by atoms with E-state index in [-0.39, 0.29) is 17.4 Å². The monoisotopic (exact) mass is 443 g/mol. The molecule has 1 heterocycles. The fourth-order valence-corrected chi connectivity index (χ4v) is 7.04. The molecule has 0 saturated carbocycles. The Morgan fingerprint density at radius 3 is 2.10 bits per heavy atom. The van der Waals surface area contributed by atoms with Crippen LogP contribution in [0, 0.1) is 12.8 Å². The van der Waals surface area contributed by atoms with Gasteiger partial charge in [-0.2, -0.15) is 4.31 Å². The van der Waals surface area contributed by atoms with E-state index in [0.29, 0.717) is 32.8 Å². The highest BCUT2D eigenvalue weighted by atomic mass is 32.2. The standard InChI is InChI=1S/C20H33NO6SSi/c1-6-10-18-15-21(28(22,23)19-13-11-17(5)12-14-19)16-20(18)27-29(24-7-2,25-8-3)26-9-4/h6,11-14,18,20H,1,7-10,15-16H2,2-5H3/t18-,20-/m0/s1. The molecule has 0 bridgehead atoms. The molecule has 7 nitrogen and oxygen atoms in total. The van der Waals surface area contributed by atoms with Crippen LogP contribution in [0.1, 0.15) is 32.8 Å². The second kappa shape index (κ2) is 10.8. The Hall–Kier alpha value is -1.07. The van der Waals surface area contributed by atoms with Crippen LogP contribution in [-0.2, 0) is 27.7 Å². The molecule has 0 N–H and O–H groups in total. The van der Waals surface area contributed by atoms with Crippen LogP contribution in [0.15, 0.2) is 41.8 Å². The summed E-state index contributed by atoms with van der Waals surface area (Å²) in [5.41, 5.74) is 1.01. The minimum Gasteiger partial charge on any atom is -0.351 e. The van der Waals surface area contributed by atoms with Crippen LogP contribution in [0.4, 0.5) is 0 Å². The van der Waals surface area contributed by atoms with E-state index in [1.807, 2.05) is 27.7 Å². The van der Waals surface area contributed by atoms with Crippen molar-refractivity contribution < 1.29 is 26.1 Å². The second-order valence-corrected chi connectivity index (χ2v) is 10.9. The van der Waals surface area contributed by atoms with Gasteiger partial charge in [-0.25, -0.2) is 8.42 Å². The van der Waals surface area contributed by atoms with Crippen LogP contribution >= 0.6 is 0 Å². The molecule has 1 aliphatic heterocycles. The summed E-state index contributed by atoms with van der Waals surface area (Å²) >= 11 is 0. The van der Waals surface area contributed by atoms with Crippen LogP contribution < -0.4 is 0 Å². The highest BCUT2D eigenvalue weighted by Gasteiger charge is 2.51. The number of sulfonamides is 1. The van der Waals surface area contributed by atoms with Crippen molar-refractivity contribution in [2.24, 2.45) is 5.92 Å². The predicted octanol–water partition coefficient (Wildman–Crippen LogP) is 3.12. The van der Waals surface area contributed by atoms with Gasteiger partial charge in [-0.1, -0.05) is 23.8 Å². The molecule has 0 amide bonds.